The fraction of sp³-hybridized carbons (Fsp3) is 0.0625. The van der Waals surface area contributed by atoms with E-state index in [0.29, 0.717) is 5.56 Å². The van der Waals surface area contributed by atoms with Gasteiger partial charge in [-0.15, -0.1) is 0 Å². The Hall–Kier alpha value is -2.66. The molecule has 0 aliphatic rings. The highest BCUT2D eigenvalue weighted by Gasteiger charge is 2.14. The van der Waals surface area contributed by atoms with Crippen molar-refractivity contribution >= 4 is 11.0 Å². The summed E-state index contributed by atoms with van der Waals surface area (Å²) in [6.07, 6.45) is 1.25. The van der Waals surface area contributed by atoms with Crippen LogP contribution in [0.5, 0.6) is 5.75 Å². The van der Waals surface area contributed by atoms with Crippen molar-refractivity contribution in [1.29, 1.82) is 0 Å². The number of phenols is 1. The van der Waals surface area contributed by atoms with Gasteiger partial charge in [0.15, 0.2) is 0 Å². The van der Waals surface area contributed by atoms with E-state index in [1.165, 1.54) is 42.7 Å². The van der Waals surface area contributed by atoms with Crippen LogP contribution in [0.25, 0.3) is 22.1 Å². The minimum atomic E-state index is -0.442. The van der Waals surface area contributed by atoms with E-state index in [4.69, 9.17) is 4.42 Å². The molecule has 0 saturated heterocycles. The predicted octanol–water partition coefficient (Wildman–Crippen LogP) is 2.80. The van der Waals surface area contributed by atoms with Gasteiger partial charge < -0.3 is 14.6 Å². The van der Waals surface area contributed by atoms with Gasteiger partial charge in [0, 0.05) is 0 Å². The third-order valence-corrected chi connectivity index (χ3v) is 3.33. The Balaban J connectivity index is 2.29. The molecule has 1 aromatic heterocycles. The van der Waals surface area contributed by atoms with E-state index in [2.05, 4.69) is 0 Å². The first-order chi connectivity index (χ1) is 10.1. The molecule has 0 radical (unpaired) electrons. The molecule has 0 amide bonds. The summed E-state index contributed by atoms with van der Waals surface area (Å²) in [6.45, 7) is -0.442. The summed E-state index contributed by atoms with van der Waals surface area (Å²) in [4.78, 5) is 12.5. The Bertz CT molecular complexity index is 866. The molecule has 4 nitrogen and oxygen atoms in total. The summed E-state index contributed by atoms with van der Waals surface area (Å²) in [6, 6.07) is 8.26. The van der Waals surface area contributed by atoms with E-state index >= 15 is 0 Å². The number of hydrogen-bond donors (Lipinski definition) is 2. The zero-order valence-electron chi connectivity index (χ0n) is 10.8. The highest BCUT2D eigenvalue weighted by atomic mass is 19.1. The summed E-state index contributed by atoms with van der Waals surface area (Å²) < 4.78 is 18.3. The third-order valence-electron chi connectivity index (χ3n) is 3.33. The van der Waals surface area contributed by atoms with Crippen LogP contribution in [0.1, 0.15) is 5.56 Å². The van der Waals surface area contributed by atoms with Gasteiger partial charge in [-0.2, -0.15) is 0 Å². The van der Waals surface area contributed by atoms with Crippen LogP contribution >= 0.6 is 0 Å². The molecule has 0 aliphatic carbocycles. The van der Waals surface area contributed by atoms with Crippen LogP contribution in [0.2, 0.25) is 0 Å². The van der Waals surface area contributed by atoms with Gasteiger partial charge in [0.05, 0.1) is 23.1 Å². The van der Waals surface area contributed by atoms with E-state index < -0.39 is 12.4 Å². The lowest BCUT2D eigenvalue weighted by Crippen LogP contribution is -2.06. The van der Waals surface area contributed by atoms with Crippen LogP contribution in [-0.4, -0.2) is 10.2 Å². The molecule has 0 spiro atoms. The molecule has 0 aliphatic heterocycles. The molecule has 5 heteroatoms. The highest BCUT2D eigenvalue weighted by molar-refractivity contribution is 5.85. The maximum atomic E-state index is 12.9. The monoisotopic (exact) mass is 286 g/mol. The number of hydrogen-bond acceptors (Lipinski definition) is 4. The second kappa shape index (κ2) is 5.03. The molecule has 3 aromatic rings. The number of aliphatic hydroxyl groups excluding tert-OH is 1. The first kappa shape index (κ1) is 13.3. The molecule has 106 valence electrons. The van der Waals surface area contributed by atoms with E-state index in [1.807, 2.05) is 0 Å². The van der Waals surface area contributed by atoms with Crippen LogP contribution in [0.4, 0.5) is 4.39 Å². The minimum Gasteiger partial charge on any atom is -0.507 e. The largest absolute Gasteiger partial charge is 0.507 e. The molecule has 0 bridgehead atoms. The number of aliphatic hydroxyl groups is 1. The van der Waals surface area contributed by atoms with Crippen molar-refractivity contribution in [1.82, 2.24) is 0 Å². The normalized spacial score (nSPS) is 11.0. The lowest BCUT2D eigenvalue weighted by molar-refractivity contribution is 0.275. The SMILES string of the molecule is O=c1c(-c2ccc(F)cc2)coc2c(CO)c(O)ccc12. The fourth-order valence-corrected chi connectivity index (χ4v) is 2.23. The predicted molar refractivity (Wildman–Crippen MR) is 75.5 cm³/mol. The molecule has 0 unspecified atom stereocenters. The molecule has 0 fully saturated rings. The van der Waals surface area contributed by atoms with Crippen molar-refractivity contribution in [2.75, 3.05) is 0 Å². The zero-order chi connectivity index (χ0) is 15.0. The van der Waals surface area contributed by atoms with E-state index in [0.717, 1.165) is 0 Å². The Morgan fingerprint density at radius 1 is 1.10 bits per heavy atom. The van der Waals surface area contributed by atoms with Crippen LogP contribution in [-0.2, 0) is 6.61 Å². The second-order valence-corrected chi connectivity index (χ2v) is 4.58. The van der Waals surface area contributed by atoms with Crippen LogP contribution < -0.4 is 5.43 Å². The van der Waals surface area contributed by atoms with Gasteiger partial charge in [-0.25, -0.2) is 4.39 Å². The van der Waals surface area contributed by atoms with Gasteiger partial charge in [0.2, 0.25) is 5.43 Å². The van der Waals surface area contributed by atoms with Crippen LogP contribution in [0, 0.1) is 5.82 Å². The number of aromatic hydroxyl groups is 1. The summed E-state index contributed by atoms with van der Waals surface area (Å²) in [5, 5.41) is 19.2. The molecule has 2 N–H and O–H groups in total. The molecule has 3 rings (SSSR count). The first-order valence-electron chi connectivity index (χ1n) is 6.25. The summed E-state index contributed by atoms with van der Waals surface area (Å²) in [5.41, 5.74) is 0.823. The van der Waals surface area contributed by atoms with Gasteiger partial charge >= 0.3 is 0 Å². The molecule has 0 atom stereocenters. The Labute approximate surface area is 118 Å². The van der Waals surface area contributed by atoms with Crippen molar-refractivity contribution < 1.29 is 19.0 Å². The first-order valence-corrected chi connectivity index (χ1v) is 6.25. The van der Waals surface area contributed by atoms with Crippen LogP contribution in [0.15, 0.2) is 51.9 Å². The quantitative estimate of drug-likeness (QED) is 0.760. The van der Waals surface area contributed by atoms with Crippen molar-refractivity contribution in [3.8, 4) is 16.9 Å². The second-order valence-electron chi connectivity index (χ2n) is 4.58. The van der Waals surface area contributed by atoms with Gasteiger partial charge in [-0.1, -0.05) is 12.1 Å². The van der Waals surface area contributed by atoms with Gasteiger partial charge in [0.1, 0.15) is 23.4 Å². The minimum absolute atomic E-state index is 0.136. The van der Waals surface area contributed by atoms with E-state index in [-0.39, 0.29) is 33.3 Å². The number of benzene rings is 2. The van der Waals surface area contributed by atoms with Gasteiger partial charge in [-0.3, -0.25) is 4.79 Å². The standard InChI is InChI=1S/C16H11FO4/c17-10-3-1-9(2-4-10)13-8-21-16-11(15(13)20)5-6-14(19)12(16)7-18/h1-6,8,18-19H,7H2. The lowest BCUT2D eigenvalue weighted by Gasteiger charge is -2.07. The van der Waals surface area contributed by atoms with Crippen molar-refractivity contribution in [3.63, 3.8) is 0 Å². The molecule has 2 aromatic carbocycles. The Morgan fingerprint density at radius 2 is 1.81 bits per heavy atom. The van der Waals surface area contributed by atoms with Crippen LogP contribution in [0.3, 0.4) is 0 Å². The number of rotatable bonds is 2. The average molecular weight is 286 g/mol. The summed E-state index contributed by atoms with van der Waals surface area (Å²) in [5.74, 6) is -0.529. The molecule has 21 heavy (non-hydrogen) atoms. The third kappa shape index (κ3) is 2.17. The number of fused-ring (bicyclic) bond motifs is 1. The molecule has 1 heterocycles. The maximum absolute atomic E-state index is 12.9. The molecular weight excluding hydrogens is 275 g/mol. The average Bonchev–Trinajstić information content (AvgIpc) is 2.49. The number of halogens is 1. The maximum Gasteiger partial charge on any atom is 0.200 e. The summed E-state index contributed by atoms with van der Waals surface area (Å²) in [7, 11) is 0. The zero-order valence-corrected chi connectivity index (χ0v) is 10.8. The van der Waals surface area contributed by atoms with E-state index in [9.17, 15) is 19.4 Å². The van der Waals surface area contributed by atoms with Gasteiger partial charge in [-0.05, 0) is 29.8 Å². The van der Waals surface area contributed by atoms with Crippen molar-refractivity contribution in [2.24, 2.45) is 0 Å². The topological polar surface area (TPSA) is 70.7 Å². The summed E-state index contributed by atoms with van der Waals surface area (Å²) >= 11 is 0. The highest BCUT2D eigenvalue weighted by Crippen LogP contribution is 2.27. The van der Waals surface area contributed by atoms with E-state index in [1.54, 1.807) is 0 Å². The Morgan fingerprint density at radius 3 is 2.48 bits per heavy atom. The Kier molecular flexibility index (Phi) is 3.19. The van der Waals surface area contributed by atoms with Crippen molar-refractivity contribution in [3.05, 3.63) is 64.3 Å². The smallest absolute Gasteiger partial charge is 0.200 e. The fourth-order valence-electron chi connectivity index (χ4n) is 2.23. The molecule has 0 saturated carbocycles. The molecular formula is C16H11FO4. The van der Waals surface area contributed by atoms with Gasteiger partial charge in [0.25, 0.3) is 0 Å². The van der Waals surface area contributed by atoms with Crippen molar-refractivity contribution in [2.45, 2.75) is 6.61 Å². The lowest BCUT2D eigenvalue weighted by atomic mass is 10.0.